The molecule has 0 aliphatic rings. The molecule has 0 N–H and O–H groups in total. The third-order valence-corrected chi connectivity index (χ3v) is 8.59. The van der Waals surface area contributed by atoms with Gasteiger partial charge in [-0.1, -0.05) is 84.9 Å². The molecule has 0 atom stereocenters. The first-order chi connectivity index (χ1) is 16.9. The van der Waals surface area contributed by atoms with Crippen LogP contribution in [0.25, 0.3) is 97.0 Å². The van der Waals surface area contributed by atoms with Crippen LogP contribution in [-0.2, 0) is 0 Å². The fourth-order valence-electron chi connectivity index (χ4n) is 7.41. The minimum Gasteiger partial charge on any atom is -0.0616 e. The lowest BCUT2D eigenvalue weighted by molar-refractivity contribution is 1.80. The first-order valence-electron chi connectivity index (χ1n) is 12.0. The molecule has 10 aromatic carbocycles. The molecule has 0 aliphatic heterocycles. The molecule has 0 unspecified atom stereocenters. The molecule has 0 saturated carbocycles. The number of hydrogen-bond acceptors (Lipinski definition) is 0. The van der Waals surface area contributed by atoms with Crippen molar-refractivity contribution in [2.75, 3.05) is 0 Å². The van der Waals surface area contributed by atoms with Crippen LogP contribution in [0.15, 0.2) is 97.1 Å². The van der Waals surface area contributed by atoms with Gasteiger partial charge in [0.2, 0.25) is 0 Å². The van der Waals surface area contributed by atoms with Crippen LogP contribution < -0.4 is 0 Å². The minimum absolute atomic E-state index is 1.34. The van der Waals surface area contributed by atoms with Gasteiger partial charge in [0.05, 0.1) is 0 Å². The molecule has 10 aromatic rings. The molecule has 0 nitrogen and oxygen atoms in total. The Labute approximate surface area is 193 Å². The van der Waals surface area contributed by atoms with E-state index in [1.54, 1.807) is 0 Å². The standard InChI is InChI=1S/C34H16/c1-2-8-22-21(7-1)25-13-11-19-15-17-5-3-9-23-24-10-4-6-18-16-20-12-14-26(22)32-30(20)34(28(18)24)33(27(17)23)29(19)31(25)32/h1-16H. The van der Waals surface area contributed by atoms with Gasteiger partial charge in [-0.2, -0.15) is 0 Å². The van der Waals surface area contributed by atoms with Gasteiger partial charge in [-0.15, -0.1) is 0 Å². The van der Waals surface area contributed by atoms with Gasteiger partial charge in [0.1, 0.15) is 0 Å². The van der Waals surface area contributed by atoms with Crippen LogP contribution in [0.2, 0.25) is 0 Å². The van der Waals surface area contributed by atoms with Crippen molar-refractivity contribution in [3.05, 3.63) is 97.1 Å². The molecule has 0 fully saturated rings. The fraction of sp³-hybridized carbons (Fsp3) is 0. The zero-order chi connectivity index (χ0) is 21.7. The summed E-state index contributed by atoms with van der Waals surface area (Å²) >= 11 is 0. The zero-order valence-electron chi connectivity index (χ0n) is 18.2. The smallest absolute Gasteiger partial charge is 0.000115 e. The molecule has 34 heavy (non-hydrogen) atoms. The maximum Gasteiger partial charge on any atom is -0.000115 e. The summed E-state index contributed by atoms with van der Waals surface area (Å²) in [6, 6.07) is 36.9. The Bertz CT molecular complexity index is 2250. The van der Waals surface area contributed by atoms with Crippen LogP contribution in [0.1, 0.15) is 0 Å². The van der Waals surface area contributed by atoms with E-state index in [1.165, 1.54) is 97.0 Å². The fourth-order valence-corrected chi connectivity index (χ4v) is 7.41. The summed E-state index contributed by atoms with van der Waals surface area (Å²) in [6.45, 7) is 0. The topological polar surface area (TPSA) is 0 Å². The molecule has 0 aliphatic carbocycles. The molecule has 0 saturated heterocycles. The summed E-state index contributed by atoms with van der Waals surface area (Å²) in [7, 11) is 0. The van der Waals surface area contributed by atoms with Crippen LogP contribution in [0.4, 0.5) is 0 Å². The highest BCUT2D eigenvalue weighted by Gasteiger charge is 2.25. The summed E-state index contributed by atoms with van der Waals surface area (Å²) < 4.78 is 0. The predicted octanol–water partition coefficient (Wildman–Crippen LogP) is 9.82. The van der Waals surface area contributed by atoms with E-state index in [0.717, 1.165) is 0 Å². The van der Waals surface area contributed by atoms with Crippen molar-refractivity contribution >= 4 is 97.0 Å². The number of fused-ring (bicyclic) bond motifs is 4. The Hall–Kier alpha value is -4.42. The van der Waals surface area contributed by atoms with Crippen molar-refractivity contribution in [1.29, 1.82) is 0 Å². The Kier molecular flexibility index (Phi) is 2.41. The molecule has 0 amide bonds. The number of hydrogen-bond donors (Lipinski definition) is 0. The average Bonchev–Trinajstić information content (AvgIpc) is 2.89. The van der Waals surface area contributed by atoms with E-state index in [4.69, 9.17) is 0 Å². The van der Waals surface area contributed by atoms with E-state index in [1.807, 2.05) is 0 Å². The molecule has 0 heterocycles. The summed E-state index contributed by atoms with van der Waals surface area (Å²) in [5.41, 5.74) is 0. The minimum atomic E-state index is 1.34. The van der Waals surface area contributed by atoms with Gasteiger partial charge in [-0.25, -0.2) is 0 Å². The van der Waals surface area contributed by atoms with Crippen molar-refractivity contribution in [3.63, 3.8) is 0 Å². The van der Waals surface area contributed by atoms with Crippen LogP contribution in [-0.4, -0.2) is 0 Å². The van der Waals surface area contributed by atoms with E-state index < -0.39 is 0 Å². The summed E-state index contributed by atoms with van der Waals surface area (Å²) in [4.78, 5) is 0. The summed E-state index contributed by atoms with van der Waals surface area (Å²) in [6.07, 6.45) is 0. The molecular weight excluding hydrogens is 408 g/mol. The molecule has 10 rings (SSSR count). The van der Waals surface area contributed by atoms with E-state index in [9.17, 15) is 0 Å². The van der Waals surface area contributed by atoms with Gasteiger partial charge in [0.25, 0.3) is 0 Å². The van der Waals surface area contributed by atoms with Gasteiger partial charge in [0, 0.05) is 0 Å². The number of benzene rings is 10. The molecule has 0 heteroatoms. The molecule has 0 bridgehead atoms. The van der Waals surface area contributed by atoms with E-state index in [2.05, 4.69) is 97.1 Å². The quantitative estimate of drug-likeness (QED) is 0.168. The maximum atomic E-state index is 2.41. The van der Waals surface area contributed by atoms with Gasteiger partial charge in [0.15, 0.2) is 0 Å². The highest BCUT2D eigenvalue weighted by atomic mass is 14.3. The molecular formula is C34H16. The highest BCUT2D eigenvalue weighted by molar-refractivity contribution is 6.53. The second-order valence-electron chi connectivity index (χ2n) is 10.0. The maximum absolute atomic E-state index is 2.41. The van der Waals surface area contributed by atoms with Crippen molar-refractivity contribution < 1.29 is 0 Å². The van der Waals surface area contributed by atoms with Crippen molar-refractivity contribution in [2.45, 2.75) is 0 Å². The SMILES string of the molecule is c1ccc2c(c1)c1ccc3cc4cccc5c6cccc7cc8ccc2c2c8c(c76)c(c45)c3c12. The third kappa shape index (κ3) is 1.54. The average molecular weight is 425 g/mol. The largest absolute Gasteiger partial charge is 0.0616 e. The second-order valence-corrected chi connectivity index (χ2v) is 10.0. The zero-order valence-corrected chi connectivity index (χ0v) is 18.2. The van der Waals surface area contributed by atoms with Crippen LogP contribution in [0.3, 0.4) is 0 Å². The van der Waals surface area contributed by atoms with Crippen LogP contribution in [0, 0.1) is 0 Å². The molecule has 152 valence electrons. The Balaban J connectivity index is 1.77. The van der Waals surface area contributed by atoms with Crippen LogP contribution in [0.5, 0.6) is 0 Å². The van der Waals surface area contributed by atoms with Crippen LogP contribution >= 0.6 is 0 Å². The van der Waals surface area contributed by atoms with Crippen molar-refractivity contribution in [3.8, 4) is 0 Å². The summed E-state index contributed by atoms with van der Waals surface area (Å²) in [5.74, 6) is 0. The Morgan fingerprint density at radius 1 is 0.235 bits per heavy atom. The van der Waals surface area contributed by atoms with Crippen molar-refractivity contribution in [1.82, 2.24) is 0 Å². The lowest BCUT2D eigenvalue weighted by atomic mass is 9.78. The van der Waals surface area contributed by atoms with E-state index in [0.29, 0.717) is 0 Å². The van der Waals surface area contributed by atoms with Gasteiger partial charge in [-0.3, -0.25) is 0 Å². The summed E-state index contributed by atoms with van der Waals surface area (Å²) in [5, 5.41) is 25.1. The lowest BCUT2D eigenvalue weighted by Crippen LogP contribution is -1.96. The predicted molar refractivity (Wildman–Crippen MR) is 149 cm³/mol. The van der Waals surface area contributed by atoms with E-state index >= 15 is 0 Å². The number of rotatable bonds is 0. The molecule has 0 radical (unpaired) electrons. The Morgan fingerprint density at radius 3 is 1.15 bits per heavy atom. The van der Waals surface area contributed by atoms with Gasteiger partial charge in [-0.05, 0) is 109 Å². The van der Waals surface area contributed by atoms with Gasteiger partial charge < -0.3 is 0 Å². The monoisotopic (exact) mass is 424 g/mol. The second kappa shape index (κ2) is 5.05. The first kappa shape index (κ1) is 16.2. The molecule has 0 aromatic heterocycles. The normalized spacial score (nSPS) is 13.3. The third-order valence-electron chi connectivity index (χ3n) is 8.59. The first-order valence-corrected chi connectivity index (χ1v) is 12.0. The lowest BCUT2D eigenvalue weighted by Gasteiger charge is -2.24. The van der Waals surface area contributed by atoms with E-state index in [-0.39, 0.29) is 0 Å². The van der Waals surface area contributed by atoms with Crippen molar-refractivity contribution in [2.24, 2.45) is 0 Å². The highest BCUT2D eigenvalue weighted by Crippen LogP contribution is 2.54. The Morgan fingerprint density at radius 2 is 0.647 bits per heavy atom. The molecule has 0 spiro atoms. The van der Waals surface area contributed by atoms with Gasteiger partial charge >= 0.3 is 0 Å².